The van der Waals surface area contributed by atoms with E-state index in [1.165, 1.54) is 5.56 Å². The average Bonchev–Trinajstić information content (AvgIpc) is 2.68. The van der Waals surface area contributed by atoms with Crippen LogP contribution in [0.15, 0.2) is 77.3 Å². The molecule has 0 bridgehead atoms. The second-order valence-corrected chi connectivity index (χ2v) is 7.75. The molecule has 0 saturated carbocycles. The van der Waals surface area contributed by atoms with E-state index in [0.29, 0.717) is 17.3 Å². The van der Waals surface area contributed by atoms with E-state index in [9.17, 15) is 0 Å². The second-order valence-electron chi connectivity index (χ2n) is 6.40. The lowest BCUT2D eigenvalue weighted by molar-refractivity contribution is 0.703. The highest BCUT2D eigenvalue weighted by molar-refractivity contribution is 9.10. The van der Waals surface area contributed by atoms with E-state index in [4.69, 9.17) is 27.3 Å². The molecule has 0 saturated heterocycles. The summed E-state index contributed by atoms with van der Waals surface area (Å²) in [7, 11) is 0. The van der Waals surface area contributed by atoms with Crippen LogP contribution in [0.3, 0.4) is 0 Å². The van der Waals surface area contributed by atoms with E-state index in [1.807, 2.05) is 60.7 Å². The van der Waals surface area contributed by atoms with Crippen LogP contribution in [-0.2, 0) is 6.42 Å². The first-order valence-electron chi connectivity index (χ1n) is 8.63. The molecule has 0 aliphatic heterocycles. The van der Waals surface area contributed by atoms with Crippen LogP contribution in [0.25, 0.3) is 22.3 Å². The predicted octanol–water partition coefficient (Wildman–Crippen LogP) is 5.96. The summed E-state index contributed by atoms with van der Waals surface area (Å²) >= 11 is 9.69. The molecule has 0 fully saturated rings. The summed E-state index contributed by atoms with van der Waals surface area (Å²) in [6.07, 6.45) is 0.694. The number of halogens is 2. The molecule has 0 radical (unpaired) electrons. The zero-order valence-corrected chi connectivity index (χ0v) is 16.8. The summed E-state index contributed by atoms with van der Waals surface area (Å²) in [5, 5.41) is 1.54. The maximum Gasteiger partial charge on any atom is 0.160 e. The normalized spacial score (nSPS) is 12.3. The lowest BCUT2D eigenvalue weighted by atomic mass is 10.0. The van der Waals surface area contributed by atoms with Crippen molar-refractivity contribution in [2.45, 2.75) is 12.5 Å². The van der Waals surface area contributed by atoms with Gasteiger partial charge >= 0.3 is 0 Å². The Labute approximate surface area is 171 Å². The largest absolute Gasteiger partial charge is 0.322 e. The number of hydrogen-bond acceptors (Lipinski definition) is 3. The lowest BCUT2D eigenvalue weighted by Gasteiger charge is -2.15. The van der Waals surface area contributed by atoms with Crippen molar-refractivity contribution in [2.24, 2.45) is 5.73 Å². The van der Waals surface area contributed by atoms with Crippen LogP contribution in [0.1, 0.15) is 17.3 Å². The van der Waals surface area contributed by atoms with Gasteiger partial charge in [0.05, 0.1) is 17.3 Å². The first-order chi connectivity index (χ1) is 13.1. The molecule has 4 rings (SSSR count). The Morgan fingerprint density at radius 2 is 1.67 bits per heavy atom. The van der Waals surface area contributed by atoms with E-state index in [0.717, 1.165) is 26.6 Å². The van der Waals surface area contributed by atoms with Crippen LogP contribution in [-0.4, -0.2) is 9.97 Å². The molecule has 1 heterocycles. The summed E-state index contributed by atoms with van der Waals surface area (Å²) in [6.45, 7) is 0. The number of rotatable bonds is 4. The molecular formula is C22H17BrClN3. The molecule has 5 heteroatoms. The molecule has 27 heavy (non-hydrogen) atoms. The Morgan fingerprint density at radius 3 is 2.41 bits per heavy atom. The molecule has 3 aromatic carbocycles. The van der Waals surface area contributed by atoms with E-state index >= 15 is 0 Å². The Hall–Kier alpha value is -2.27. The van der Waals surface area contributed by atoms with Crippen LogP contribution in [0.4, 0.5) is 0 Å². The fourth-order valence-corrected chi connectivity index (χ4v) is 3.54. The molecular weight excluding hydrogens is 422 g/mol. The first-order valence-corrected chi connectivity index (χ1v) is 9.80. The summed E-state index contributed by atoms with van der Waals surface area (Å²) in [4.78, 5) is 9.55. The van der Waals surface area contributed by atoms with Crippen molar-refractivity contribution in [1.29, 1.82) is 0 Å². The Bertz CT molecular complexity index is 1080. The third kappa shape index (κ3) is 4.03. The Morgan fingerprint density at radius 1 is 0.926 bits per heavy atom. The fraction of sp³-hybridized carbons (Fsp3) is 0.0909. The van der Waals surface area contributed by atoms with Crippen molar-refractivity contribution in [3.8, 4) is 11.4 Å². The van der Waals surface area contributed by atoms with Crippen molar-refractivity contribution in [3.05, 3.63) is 93.5 Å². The number of hydrogen-bond donors (Lipinski definition) is 1. The first kappa shape index (κ1) is 18.1. The van der Waals surface area contributed by atoms with Gasteiger partial charge in [-0.25, -0.2) is 9.97 Å². The molecule has 2 N–H and O–H groups in total. The van der Waals surface area contributed by atoms with Crippen molar-refractivity contribution >= 4 is 38.4 Å². The second kappa shape index (κ2) is 7.77. The van der Waals surface area contributed by atoms with Crippen LogP contribution < -0.4 is 5.73 Å². The molecule has 1 unspecified atom stereocenters. The topological polar surface area (TPSA) is 51.8 Å². The molecule has 134 valence electrons. The third-order valence-corrected chi connectivity index (χ3v) is 5.20. The molecule has 1 atom stereocenters. The molecule has 0 amide bonds. The maximum atomic E-state index is 6.57. The van der Waals surface area contributed by atoms with Gasteiger partial charge in [0, 0.05) is 20.4 Å². The van der Waals surface area contributed by atoms with E-state index in [1.54, 1.807) is 0 Å². The van der Waals surface area contributed by atoms with E-state index < -0.39 is 0 Å². The molecule has 4 aromatic rings. The maximum absolute atomic E-state index is 6.57. The lowest BCUT2D eigenvalue weighted by Crippen LogP contribution is -2.16. The van der Waals surface area contributed by atoms with Crippen molar-refractivity contribution in [2.75, 3.05) is 0 Å². The molecule has 1 aromatic heterocycles. The summed E-state index contributed by atoms with van der Waals surface area (Å²) in [5.41, 5.74) is 10.3. The number of nitrogens with zero attached hydrogens (tertiary/aromatic N) is 2. The van der Waals surface area contributed by atoms with Gasteiger partial charge in [0.1, 0.15) is 0 Å². The van der Waals surface area contributed by atoms with Crippen molar-refractivity contribution in [1.82, 2.24) is 9.97 Å². The molecule has 3 nitrogen and oxygen atoms in total. The third-order valence-electron chi connectivity index (χ3n) is 4.44. The van der Waals surface area contributed by atoms with Gasteiger partial charge in [-0.2, -0.15) is 0 Å². The Balaban J connectivity index is 1.83. The van der Waals surface area contributed by atoms with Crippen LogP contribution in [0, 0.1) is 0 Å². The fourth-order valence-electron chi connectivity index (χ4n) is 3.10. The Kier molecular flexibility index (Phi) is 5.21. The highest BCUT2D eigenvalue weighted by Gasteiger charge is 2.16. The highest BCUT2D eigenvalue weighted by Crippen LogP contribution is 2.29. The van der Waals surface area contributed by atoms with Gasteiger partial charge < -0.3 is 5.73 Å². The summed E-state index contributed by atoms with van der Waals surface area (Å²) < 4.78 is 1.01. The molecule has 0 aliphatic rings. The van der Waals surface area contributed by atoms with Gasteiger partial charge in [0.15, 0.2) is 5.82 Å². The number of fused-ring (bicyclic) bond motifs is 1. The highest BCUT2D eigenvalue weighted by atomic mass is 79.9. The quantitative estimate of drug-likeness (QED) is 0.428. The van der Waals surface area contributed by atoms with E-state index in [-0.39, 0.29) is 6.04 Å². The number of nitrogens with two attached hydrogens (primary N) is 1. The van der Waals surface area contributed by atoms with Gasteiger partial charge in [-0.3, -0.25) is 0 Å². The monoisotopic (exact) mass is 437 g/mol. The number of benzene rings is 3. The molecule has 0 aliphatic carbocycles. The van der Waals surface area contributed by atoms with Gasteiger partial charge in [-0.05, 0) is 42.3 Å². The van der Waals surface area contributed by atoms with Gasteiger partial charge in [-0.15, -0.1) is 0 Å². The van der Waals surface area contributed by atoms with Gasteiger partial charge in [-0.1, -0.05) is 70.0 Å². The van der Waals surface area contributed by atoms with Crippen LogP contribution in [0.2, 0.25) is 5.02 Å². The minimum Gasteiger partial charge on any atom is -0.322 e. The van der Waals surface area contributed by atoms with Crippen LogP contribution >= 0.6 is 27.5 Å². The summed E-state index contributed by atoms with van der Waals surface area (Å²) in [5.74, 6) is 0.663. The minimum atomic E-state index is -0.259. The minimum absolute atomic E-state index is 0.259. The van der Waals surface area contributed by atoms with Gasteiger partial charge in [0.2, 0.25) is 0 Å². The predicted molar refractivity (Wildman–Crippen MR) is 115 cm³/mol. The standard InChI is InChI=1S/C22H17BrClN3/c23-16-8-6-15(7-9-16)22-26-20-11-10-17(24)13-18(20)21(27-22)19(25)12-14-4-2-1-3-5-14/h1-11,13,19H,12,25H2. The zero-order valence-electron chi connectivity index (χ0n) is 14.4. The smallest absolute Gasteiger partial charge is 0.160 e. The number of aromatic nitrogens is 2. The van der Waals surface area contributed by atoms with Crippen molar-refractivity contribution < 1.29 is 0 Å². The zero-order chi connectivity index (χ0) is 18.8. The summed E-state index contributed by atoms with van der Waals surface area (Å²) in [6, 6.07) is 23.5. The van der Waals surface area contributed by atoms with Crippen molar-refractivity contribution in [3.63, 3.8) is 0 Å². The van der Waals surface area contributed by atoms with Crippen LogP contribution in [0.5, 0.6) is 0 Å². The molecule has 0 spiro atoms. The average molecular weight is 439 g/mol. The van der Waals surface area contributed by atoms with Gasteiger partial charge in [0.25, 0.3) is 0 Å². The SMILES string of the molecule is NC(Cc1ccccc1)c1nc(-c2ccc(Br)cc2)nc2ccc(Cl)cc12. The van der Waals surface area contributed by atoms with E-state index in [2.05, 4.69) is 28.1 Å².